The third-order valence-corrected chi connectivity index (χ3v) is 4.12. The first kappa shape index (κ1) is 21.2. The SMILES string of the molecule is COC(=O)CCN(CCOc1ccc(OC)cc1)C(=O)Cc1ccc(F)cc1. The molecule has 1 amide bonds. The molecular formula is C21H24FNO5. The Bertz CT molecular complexity index is 761. The fourth-order valence-corrected chi connectivity index (χ4v) is 2.52. The van der Waals surface area contributed by atoms with Crippen LogP contribution < -0.4 is 9.47 Å². The number of rotatable bonds is 10. The van der Waals surface area contributed by atoms with E-state index in [9.17, 15) is 14.0 Å². The molecule has 0 saturated carbocycles. The first-order chi connectivity index (χ1) is 13.5. The zero-order valence-corrected chi connectivity index (χ0v) is 16.0. The third kappa shape index (κ3) is 6.90. The summed E-state index contributed by atoms with van der Waals surface area (Å²) < 4.78 is 28.4. The van der Waals surface area contributed by atoms with Gasteiger partial charge in [-0.25, -0.2) is 4.39 Å². The van der Waals surface area contributed by atoms with Crippen molar-refractivity contribution in [3.63, 3.8) is 0 Å². The summed E-state index contributed by atoms with van der Waals surface area (Å²) in [5.74, 6) is 0.456. The second kappa shape index (κ2) is 10.9. The molecule has 0 radical (unpaired) electrons. The molecule has 0 spiro atoms. The lowest BCUT2D eigenvalue weighted by Crippen LogP contribution is -2.37. The molecule has 0 unspecified atom stereocenters. The first-order valence-electron chi connectivity index (χ1n) is 8.87. The molecule has 0 heterocycles. The lowest BCUT2D eigenvalue weighted by Gasteiger charge is -2.22. The lowest BCUT2D eigenvalue weighted by atomic mass is 10.1. The molecule has 0 saturated heterocycles. The number of nitrogens with zero attached hydrogens (tertiary/aromatic N) is 1. The molecule has 0 bridgehead atoms. The Morgan fingerprint density at radius 2 is 1.57 bits per heavy atom. The van der Waals surface area contributed by atoms with Crippen LogP contribution in [0.1, 0.15) is 12.0 Å². The van der Waals surface area contributed by atoms with Gasteiger partial charge in [0.15, 0.2) is 0 Å². The summed E-state index contributed by atoms with van der Waals surface area (Å²) in [5, 5.41) is 0. The summed E-state index contributed by atoms with van der Waals surface area (Å²) in [6.07, 6.45) is 0.207. The van der Waals surface area contributed by atoms with Crippen LogP contribution in [0.4, 0.5) is 4.39 Å². The minimum Gasteiger partial charge on any atom is -0.497 e. The number of ether oxygens (including phenoxy) is 3. The van der Waals surface area contributed by atoms with E-state index in [4.69, 9.17) is 9.47 Å². The smallest absolute Gasteiger partial charge is 0.307 e. The van der Waals surface area contributed by atoms with Crippen LogP contribution in [0.5, 0.6) is 11.5 Å². The maximum absolute atomic E-state index is 13.0. The number of amides is 1. The normalized spacial score (nSPS) is 10.2. The average Bonchev–Trinajstić information content (AvgIpc) is 2.72. The Balaban J connectivity index is 1.93. The molecular weight excluding hydrogens is 365 g/mol. The van der Waals surface area contributed by atoms with Gasteiger partial charge in [-0.2, -0.15) is 0 Å². The van der Waals surface area contributed by atoms with Gasteiger partial charge in [-0.05, 0) is 42.0 Å². The van der Waals surface area contributed by atoms with Gasteiger partial charge in [-0.15, -0.1) is 0 Å². The monoisotopic (exact) mass is 389 g/mol. The summed E-state index contributed by atoms with van der Waals surface area (Å²) in [4.78, 5) is 25.6. The van der Waals surface area contributed by atoms with Gasteiger partial charge in [0.25, 0.3) is 0 Å². The van der Waals surface area contributed by atoms with Gasteiger partial charge < -0.3 is 19.1 Å². The van der Waals surface area contributed by atoms with E-state index in [1.165, 1.54) is 19.2 Å². The van der Waals surface area contributed by atoms with Crippen molar-refractivity contribution in [3.05, 3.63) is 59.9 Å². The Labute approximate surface area is 163 Å². The predicted octanol–water partition coefficient (Wildman–Crippen LogP) is 2.85. The van der Waals surface area contributed by atoms with E-state index in [0.29, 0.717) is 17.9 Å². The van der Waals surface area contributed by atoms with Crippen molar-refractivity contribution in [1.29, 1.82) is 0 Å². The third-order valence-electron chi connectivity index (χ3n) is 4.12. The van der Waals surface area contributed by atoms with Crippen LogP contribution in [0.15, 0.2) is 48.5 Å². The van der Waals surface area contributed by atoms with Crippen molar-refractivity contribution in [3.8, 4) is 11.5 Å². The summed E-state index contributed by atoms with van der Waals surface area (Å²) in [6, 6.07) is 12.9. The summed E-state index contributed by atoms with van der Waals surface area (Å²) in [5.41, 5.74) is 0.700. The van der Waals surface area contributed by atoms with Crippen molar-refractivity contribution in [2.75, 3.05) is 33.9 Å². The number of carbonyl (C=O) groups excluding carboxylic acids is 2. The second-order valence-corrected chi connectivity index (χ2v) is 6.03. The molecule has 150 valence electrons. The summed E-state index contributed by atoms with van der Waals surface area (Å²) in [6.45, 7) is 0.796. The van der Waals surface area contributed by atoms with Crippen LogP contribution in [0.3, 0.4) is 0 Å². The number of benzene rings is 2. The molecule has 28 heavy (non-hydrogen) atoms. The van der Waals surface area contributed by atoms with Gasteiger partial charge >= 0.3 is 5.97 Å². The van der Waals surface area contributed by atoms with E-state index in [-0.39, 0.29) is 37.7 Å². The molecule has 6 nitrogen and oxygen atoms in total. The Morgan fingerprint density at radius 1 is 0.929 bits per heavy atom. The van der Waals surface area contributed by atoms with Crippen molar-refractivity contribution >= 4 is 11.9 Å². The molecule has 2 aromatic rings. The highest BCUT2D eigenvalue weighted by molar-refractivity contribution is 5.79. The maximum atomic E-state index is 13.0. The van der Waals surface area contributed by atoms with E-state index in [2.05, 4.69) is 4.74 Å². The summed E-state index contributed by atoms with van der Waals surface area (Å²) >= 11 is 0. The van der Waals surface area contributed by atoms with Crippen molar-refractivity contribution in [2.45, 2.75) is 12.8 Å². The molecule has 0 atom stereocenters. The minimum atomic E-state index is -0.393. The first-order valence-corrected chi connectivity index (χ1v) is 8.87. The van der Waals surface area contributed by atoms with Gasteiger partial charge in [0.1, 0.15) is 23.9 Å². The fourth-order valence-electron chi connectivity index (χ4n) is 2.52. The van der Waals surface area contributed by atoms with Crippen LogP contribution in [0, 0.1) is 5.82 Å². The standard InChI is InChI=1S/C21H24FNO5/c1-26-18-7-9-19(10-8-18)28-14-13-23(12-11-21(25)27-2)20(24)15-16-3-5-17(22)6-4-16/h3-10H,11-15H2,1-2H3. The van der Waals surface area contributed by atoms with E-state index >= 15 is 0 Å². The highest BCUT2D eigenvalue weighted by atomic mass is 19.1. The summed E-state index contributed by atoms with van der Waals surface area (Å²) in [7, 11) is 2.89. The van der Waals surface area contributed by atoms with Crippen LogP contribution in [0.2, 0.25) is 0 Å². The van der Waals surface area contributed by atoms with Crippen LogP contribution in [0.25, 0.3) is 0 Å². The van der Waals surface area contributed by atoms with Crippen molar-refractivity contribution < 1.29 is 28.2 Å². The molecule has 0 fully saturated rings. The molecule has 0 aliphatic rings. The minimum absolute atomic E-state index is 0.0915. The van der Waals surface area contributed by atoms with Gasteiger partial charge in [0.2, 0.25) is 5.91 Å². The fraction of sp³-hybridized carbons (Fsp3) is 0.333. The van der Waals surface area contributed by atoms with Crippen LogP contribution in [-0.4, -0.2) is 50.7 Å². The number of hydrogen-bond acceptors (Lipinski definition) is 5. The molecule has 0 aliphatic carbocycles. The van der Waals surface area contributed by atoms with Gasteiger partial charge in [0.05, 0.1) is 33.6 Å². The lowest BCUT2D eigenvalue weighted by molar-refractivity contribution is -0.141. The Morgan fingerprint density at radius 3 is 2.18 bits per heavy atom. The van der Waals surface area contributed by atoms with Crippen molar-refractivity contribution in [1.82, 2.24) is 4.90 Å². The molecule has 2 aromatic carbocycles. The van der Waals surface area contributed by atoms with Gasteiger partial charge in [-0.1, -0.05) is 12.1 Å². The molecule has 7 heteroatoms. The Kier molecular flexibility index (Phi) is 8.27. The van der Waals surface area contributed by atoms with E-state index in [1.54, 1.807) is 48.4 Å². The number of methoxy groups -OCH3 is 2. The van der Waals surface area contributed by atoms with Crippen LogP contribution >= 0.6 is 0 Å². The number of carbonyl (C=O) groups is 2. The number of esters is 1. The molecule has 0 N–H and O–H groups in total. The molecule has 0 aromatic heterocycles. The Hall–Kier alpha value is -3.09. The largest absolute Gasteiger partial charge is 0.497 e. The van der Waals surface area contributed by atoms with E-state index < -0.39 is 5.97 Å². The molecule has 0 aliphatic heterocycles. The maximum Gasteiger partial charge on any atom is 0.307 e. The average molecular weight is 389 g/mol. The van der Waals surface area contributed by atoms with Crippen LogP contribution in [-0.2, 0) is 20.7 Å². The van der Waals surface area contributed by atoms with E-state index in [1.807, 2.05) is 0 Å². The predicted molar refractivity (Wildman–Crippen MR) is 102 cm³/mol. The topological polar surface area (TPSA) is 65.1 Å². The zero-order valence-electron chi connectivity index (χ0n) is 16.0. The van der Waals surface area contributed by atoms with Gasteiger partial charge in [-0.3, -0.25) is 9.59 Å². The highest BCUT2D eigenvalue weighted by Crippen LogP contribution is 2.17. The molecule has 2 rings (SSSR count). The quantitative estimate of drug-likeness (QED) is 0.585. The van der Waals surface area contributed by atoms with Crippen molar-refractivity contribution in [2.24, 2.45) is 0 Å². The highest BCUT2D eigenvalue weighted by Gasteiger charge is 2.16. The zero-order chi connectivity index (χ0) is 20.4. The van der Waals surface area contributed by atoms with E-state index in [0.717, 1.165) is 5.75 Å². The number of hydrogen-bond donors (Lipinski definition) is 0. The number of halogens is 1. The second-order valence-electron chi connectivity index (χ2n) is 6.03. The van der Waals surface area contributed by atoms with Gasteiger partial charge in [0, 0.05) is 6.54 Å².